The number of nitrogens with zero attached hydrogens (tertiary/aromatic N) is 1. The Bertz CT molecular complexity index is 840. The Balaban J connectivity index is 1.62. The zero-order valence-electron chi connectivity index (χ0n) is 16.6. The van der Waals surface area contributed by atoms with Gasteiger partial charge in [0.1, 0.15) is 5.75 Å². The molecule has 6 heteroatoms. The van der Waals surface area contributed by atoms with Crippen molar-refractivity contribution >= 4 is 22.7 Å². The van der Waals surface area contributed by atoms with Crippen molar-refractivity contribution < 1.29 is 14.3 Å². The largest absolute Gasteiger partial charge is 0.497 e. The van der Waals surface area contributed by atoms with E-state index < -0.39 is 0 Å². The first-order valence-corrected chi connectivity index (χ1v) is 9.57. The lowest BCUT2D eigenvalue weighted by molar-refractivity contribution is -0.129. The van der Waals surface area contributed by atoms with E-state index in [1.54, 1.807) is 7.11 Å². The normalized spacial score (nSPS) is 17.6. The lowest BCUT2D eigenvalue weighted by atomic mass is 9.99. The molecule has 1 aromatic heterocycles. The summed E-state index contributed by atoms with van der Waals surface area (Å²) in [6, 6.07) is 5.93. The number of aromatic amines is 1. The molecule has 1 fully saturated rings. The number of carbonyl (C=O) groups excluding carboxylic acids is 2. The summed E-state index contributed by atoms with van der Waals surface area (Å²) < 4.78 is 5.31. The van der Waals surface area contributed by atoms with E-state index in [1.807, 2.05) is 50.1 Å². The number of benzene rings is 1. The predicted molar refractivity (Wildman–Crippen MR) is 106 cm³/mol. The van der Waals surface area contributed by atoms with Gasteiger partial charge in [0.2, 0.25) is 11.8 Å². The van der Waals surface area contributed by atoms with Crippen molar-refractivity contribution in [2.75, 3.05) is 20.2 Å². The molecule has 1 aliphatic heterocycles. The smallest absolute Gasteiger partial charge is 0.225 e. The number of likely N-dealkylation sites (tertiary alicyclic amines) is 1. The molecule has 1 aliphatic rings. The van der Waals surface area contributed by atoms with Crippen molar-refractivity contribution in [3.05, 3.63) is 30.0 Å². The Labute approximate surface area is 160 Å². The predicted octanol–water partition coefficient (Wildman–Crippen LogP) is 2.87. The summed E-state index contributed by atoms with van der Waals surface area (Å²) in [4.78, 5) is 29.9. The molecule has 146 valence electrons. The van der Waals surface area contributed by atoms with E-state index >= 15 is 0 Å². The van der Waals surface area contributed by atoms with Gasteiger partial charge in [0.25, 0.3) is 0 Å². The molecule has 0 saturated carbocycles. The van der Waals surface area contributed by atoms with E-state index in [-0.39, 0.29) is 23.3 Å². The van der Waals surface area contributed by atoms with Gasteiger partial charge in [-0.2, -0.15) is 0 Å². The molecule has 1 unspecified atom stereocenters. The molecule has 2 N–H and O–H groups in total. The maximum absolute atomic E-state index is 12.5. The SMILES string of the molecule is CCC(C)(C)NC(=O)C1CC(=O)N(CCc2c[nH]c3ccc(OC)cc23)C1. The summed E-state index contributed by atoms with van der Waals surface area (Å²) in [5.41, 5.74) is 1.96. The van der Waals surface area contributed by atoms with Gasteiger partial charge >= 0.3 is 0 Å². The first kappa shape index (κ1) is 19.3. The molecular formula is C21H29N3O3. The van der Waals surface area contributed by atoms with Crippen LogP contribution in [0.15, 0.2) is 24.4 Å². The number of ether oxygens (including phenoxy) is 1. The fourth-order valence-corrected chi connectivity index (χ4v) is 3.43. The van der Waals surface area contributed by atoms with E-state index in [9.17, 15) is 9.59 Å². The van der Waals surface area contributed by atoms with Crippen molar-refractivity contribution in [2.24, 2.45) is 5.92 Å². The van der Waals surface area contributed by atoms with Crippen molar-refractivity contribution in [3.8, 4) is 5.75 Å². The van der Waals surface area contributed by atoms with E-state index in [0.717, 1.165) is 35.1 Å². The van der Waals surface area contributed by atoms with Crippen LogP contribution in [0.2, 0.25) is 0 Å². The molecule has 2 aromatic rings. The minimum Gasteiger partial charge on any atom is -0.497 e. The number of hydrogen-bond acceptors (Lipinski definition) is 3. The molecular weight excluding hydrogens is 342 g/mol. The molecule has 1 aromatic carbocycles. The van der Waals surface area contributed by atoms with Crippen LogP contribution in [0.5, 0.6) is 5.75 Å². The van der Waals surface area contributed by atoms with Gasteiger partial charge in [0.15, 0.2) is 0 Å². The van der Waals surface area contributed by atoms with E-state index in [4.69, 9.17) is 4.74 Å². The third-order valence-corrected chi connectivity index (χ3v) is 5.56. The van der Waals surface area contributed by atoms with Crippen molar-refractivity contribution in [1.82, 2.24) is 15.2 Å². The third kappa shape index (κ3) is 4.26. The van der Waals surface area contributed by atoms with Gasteiger partial charge in [0.05, 0.1) is 13.0 Å². The van der Waals surface area contributed by atoms with Crippen LogP contribution >= 0.6 is 0 Å². The minimum absolute atomic E-state index is 0.0190. The van der Waals surface area contributed by atoms with Gasteiger partial charge in [-0.25, -0.2) is 0 Å². The highest BCUT2D eigenvalue weighted by atomic mass is 16.5. The number of fused-ring (bicyclic) bond motifs is 1. The second-order valence-corrected chi connectivity index (χ2v) is 7.94. The lowest BCUT2D eigenvalue weighted by Gasteiger charge is -2.26. The molecule has 3 rings (SSSR count). The Kier molecular flexibility index (Phi) is 5.44. The number of amides is 2. The molecule has 27 heavy (non-hydrogen) atoms. The summed E-state index contributed by atoms with van der Waals surface area (Å²) in [6.07, 6.45) is 3.88. The van der Waals surface area contributed by atoms with Gasteiger partial charge in [-0.3, -0.25) is 9.59 Å². The van der Waals surface area contributed by atoms with Crippen LogP contribution in [0.25, 0.3) is 10.9 Å². The molecule has 0 aliphatic carbocycles. The molecule has 1 saturated heterocycles. The van der Waals surface area contributed by atoms with Crippen molar-refractivity contribution in [2.45, 2.75) is 45.6 Å². The highest BCUT2D eigenvalue weighted by molar-refractivity contribution is 5.89. The van der Waals surface area contributed by atoms with Crippen molar-refractivity contribution in [3.63, 3.8) is 0 Å². The van der Waals surface area contributed by atoms with Crippen LogP contribution in [0.3, 0.4) is 0 Å². The van der Waals surface area contributed by atoms with Crippen LogP contribution in [-0.4, -0.2) is 47.4 Å². The summed E-state index contributed by atoms with van der Waals surface area (Å²) in [5.74, 6) is 0.596. The van der Waals surface area contributed by atoms with Crippen LogP contribution < -0.4 is 10.1 Å². The zero-order valence-corrected chi connectivity index (χ0v) is 16.6. The monoisotopic (exact) mass is 371 g/mol. The number of methoxy groups -OCH3 is 1. The standard InChI is InChI=1S/C21H29N3O3/c1-5-21(2,3)23-20(26)15-10-19(25)24(13-15)9-8-14-12-22-18-7-6-16(27-4)11-17(14)18/h6-7,11-12,15,22H,5,8-10,13H2,1-4H3,(H,23,26). The molecule has 0 bridgehead atoms. The average Bonchev–Trinajstić information content (AvgIpc) is 3.22. The van der Waals surface area contributed by atoms with E-state index in [0.29, 0.717) is 19.5 Å². The van der Waals surface area contributed by atoms with Gasteiger partial charge in [-0.15, -0.1) is 0 Å². The van der Waals surface area contributed by atoms with Crippen molar-refractivity contribution in [1.29, 1.82) is 0 Å². The van der Waals surface area contributed by atoms with Gasteiger partial charge < -0.3 is 19.9 Å². The minimum atomic E-state index is -0.258. The fourth-order valence-electron chi connectivity index (χ4n) is 3.43. The van der Waals surface area contributed by atoms with Gasteiger partial charge in [-0.1, -0.05) is 6.92 Å². The van der Waals surface area contributed by atoms with Gasteiger partial charge in [-0.05, 0) is 50.5 Å². The summed E-state index contributed by atoms with van der Waals surface area (Å²) in [6.45, 7) is 7.16. The maximum atomic E-state index is 12.5. The number of aromatic nitrogens is 1. The number of hydrogen-bond donors (Lipinski definition) is 2. The average molecular weight is 371 g/mol. The second-order valence-electron chi connectivity index (χ2n) is 7.94. The molecule has 2 heterocycles. The zero-order chi connectivity index (χ0) is 19.6. The first-order valence-electron chi connectivity index (χ1n) is 9.57. The molecule has 0 radical (unpaired) electrons. The Morgan fingerprint density at radius 1 is 1.41 bits per heavy atom. The summed E-state index contributed by atoms with van der Waals surface area (Å²) in [7, 11) is 1.65. The Morgan fingerprint density at radius 2 is 2.19 bits per heavy atom. The maximum Gasteiger partial charge on any atom is 0.225 e. The van der Waals surface area contributed by atoms with Crippen LogP contribution in [0.4, 0.5) is 0 Å². The highest BCUT2D eigenvalue weighted by Gasteiger charge is 2.35. The van der Waals surface area contributed by atoms with Crippen LogP contribution in [0, 0.1) is 5.92 Å². The Morgan fingerprint density at radius 3 is 2.89 bits per heavy atom. The van der Waals surface area contributed by atoms with E-state index in [1.165, 1.54) is 0 Å². The molecule has 0 spiro atoms. The number of rotatable bonds is 7. The quantitative estimate of drug-likeness (QED) is 0.786. The van der Waals surface area contributed by atoms with Crippen LogP contribution in [0.1, 0.15) is 39.2 Å². The first-order chi connectivity index (χ1) is 12.8. The number of carbonyl (C=O) groups is 2. The molecule has 2 amide bonds. The molecule has 1 atom stereocenters. The number of H-pyrrole nitrogens is 1. The summed E-state index contributed by atoms with van der Waals surface area (Å²) >= 11 is 0. The van der Waals surface area contributed by atoms with E-state index in [2.05, 4.69) is 10.3 Å². The fraction of sp³-hybridized carbons (Fsp3) is 0.524. The summed E-state index contributed by atoms with van der Waals surface area (Å²) in [5, 5.41) is 4.17. The Hall–Kier alpha value is -2.50. The third-order valence-electron chi connectivity index (χ3n) is 5.56. The van der Waals surface area contributed by atoms with Crippen LogP contribution in [-0.2, 0) is 16.0 Å². The highest BCUT2D eigenvalue weighted by Crippen LogP contribution is 2.25. The molecule has 6 nitrogen and oxygen atoms in total. The lowest BCUT2D eigenvalue weighted by Crippen LogP contribution is -2.46. The van der Waals surface area contributed by atoms with Gasteiger partial charge in [0, 0.05) is 42.1 Å². The topological polar surface area (TPSA) is 74.4 Å². The second kappa shape index (κ2) is 7.62. The number of nitrogens with one attached hydrogen (secondary N) is 2.